The van der Waals surface area contributed by atoms with Crippen LogP contribution in [0.3, 0.4) is 0 Å². The Bertz CT molecular complexity index is 1760. The number of hydrazone groups is 1. The number of nitrogen functional groups attached to an aromatic ring is 1. The number of oxime groups is 1. The van der Waals surface area contributed by atoms with Gasteiger partial charge in [-0.1, -0.05) is 28.5 Å². The lowest BCUT2D eigenvalue weighted by atomic mass is 9.80. The van der Waals surface area contributed by atoms with Crippen molar-refractivity contribution in [2.45, 2.75) is 41.5 Å². The van der Waals surface area contributed by atoms with Crippen LogP contribution in [0.4, 0.5) is 9.93 Å². The lowest BCUT2D eigenvalue weighted by molar-refractivity contribution is -0.178. The molecule has 47 heavy (non-hydrogen) atoms. The average molecular weight is 708 g/mol. The molecule has 4 heterocycles. The number of anilines is 1. The van der Waals surface area contributed by atoms with Gasteiger partial charge in [-0.05, 0) is 18.6 Å². The molecule has 3 atom stereocenters. The Kier molecular flexibility index (Phi) is 8.17. The van der Waals surface area contributed by atoms with Gasteiger partial charge in [-0.2, -0.15) is 5.10 Å². The maximum Gasteiger partial charge on any atom is 0.350 e. The second kappa shape index (κ2) is 11.9. The molecule has 1 aromatic heterocycles. The van der Waals surface area contributed by atoms with Gasteiger partial charge in [-0.15, -0.1) is 11.3 Å². The highest BCUT2D eigenvalue weighted by atomic mass is 35.5. The summed E-state index contributed by atoms with van der Waals surface area (Å²) in [7, 11) is 0. The molecular weight excluding hydrogens is 682 g/mol. The predicted molar refractivity (Wildman–Crippen MR) is 166 cm³/mol. The largest absolute Gasteiger partial charge is 0.504 e. The fourth-order valence-electron chi connectivity index (χ4n) is 5.63. The number of thiazole rings is 1. The number of hydrogen-bond donors (Lipinski definition) is 5. The predicted octanol–water partition coefficient (Wildman–Crippen LogP) is 1.56. The molecule has 1 unspecified atom stereocenters. The number of nitrogens with two attached hydrogens (primary N) is 1. The highest BCUT2D eigenvalue weighted by Gasteiger charge is 2.66. The summed E-state index contributed by atoms with van der Waals surface area (Å²) >= 11 is 7.91. The number of carbonyl (C=O) groups excluding carboxylic acids is 3. The number of carboxylic acid groups (broad SMARTS) is 2. The summed E-state index contributed by atoms with van der Waals surface area (Å²) in [5.41, 5.74) is 4.10. The number of thioether (sulfide) groups is 1. The van der Waals surface area contributed by atoms with Crippen molar-refractivity contribution in [1.82, 2.24) is 19.8 Å². The number of amides is 3. The van der Waals surface area contributed by atoms with Gasteiger partial charge < -0.3 is 35.9 Å². The van der Waals surface area contributed by atoms with Crippen LogP contribution in [0.5, 0.6) is 11.5 Å². The number of rotatable bonds is 11. The lowest BCUT2D eigenvalue weighted by Gasteiger charge is -2.41. The summed E-state index contributed by atoms with van der Waals surface area (Å²) in [6.07, 6.45) is 1.77. The Morgan fingerprint density at radius 1 is 1.17 bits per heavy atom. The third kappa shape index (κ3) is 5.36. The number of aromatic hydroxyl groups is 2. The number of urea groups is 1. The number of aliphatic carboxylic acids is 2. The first-order valence-electron chi connectivity index (χ1n) is 14.1. The van der Waals surface area contributed by atoms with Gasteiger partial charge in [-0.3, -0.25) is 14.5 Å². The van der Waals surface area contributed by atoms with E-state index in [4.69, 9.17) is 22.2 Å². The van der Waals surface area contributed by atoms with Gasteiger partial charge in [0.05, 0.1) is 35.6 Å². The number of ketones is 1. The second-order valence-corrected chi connectivity index (χ2v) is 13.9. The molecule has 4 fully saturated rings. The number of aromatic nitrogens is 1. The van der Waals surface area contributed by atoms with Crippen LogP contribution in [0, 0.1) is 5.92 Å². The van der Waals surface area contributed by atoms with Crippen LogP contribution in [0.25, 0.3) is 0 Å². The molecule has 1 aliphatic carbocycles. The van der Waals surface area contributed by atoms with Gasteiger partial charge in [0.2, 0.25) is 16.4 Å². The Morgan fingerprint density at radius 3 is 2.53 bits per heavy atom. The van der Waals surface area contributed by atoms with Crippen LogP contribution in [-0.2, 0) is 24.0 Å². The van der Waals surface area contributed by atoms with E-state index in [9.17, 15) is 44.4 Å². The van der Waals surface area contributed by atoms with Gasteiger partial charge in [-0.25, -0.2) is 24.4 Å². The maximum absolute atomic E-state index is 13.5. The molecule has 3 saturated heterocycles. The molecule has 0 spiro atoms. The van der Waals surface area contributed by atoms with Crippen LogP contribution in [0.1, 0.15) is 36.9 Å². The fourth-order valence-corrected chi connectivity index (χ4v) is 8.07. The van der Waals surface area contributed by atoms with Crippen molar-refractivity contribution in [2.75, 3.05) is 25.4 Å². The monoisotopic (exact) mass is 707 g/mol. The topological polar surface area (TPSA) is 249 Å². The van der Waals surface area contributed by atoms with Crippen LogP contribution in [-0.4, -0.2) is 117 Å². The molecule has 3 amide bonds. The molecule has 1 saturated carbocycles. The fraction of sp³-hybridized carbons (Fsp3) is 0.407. The van der Waals surface area contributed by atoms with E-state index >= 15 is 0 Å². The normalized spacial score (nSPS) is 25.1. The smallest absolute Gasteiger partial charge is 0.350 e. The molecule has 0 bridgehead atoms. The van der Waals surface area contributed by atoms with Crippen molar-refractivity contribution in [2.24, 2.45) is 16.2 Å². The zero-order chi connectivity index (χ0) is 33.8. The number of hydrogen-bond acceptors (Lipinski definition) is 14. The summed E-state index contributed by atoms with van der Waals surface area (Å²) in [5, 5.41) is 49.0. The molecular formula is C27H26ClN7O10S2. The number of phenolic OH excluding ortho intramolecular Hbond substituents is 2. The Balaban J connectivity index is 1.18. The molecule has 4 aliphatic rings. The second-order valence-electron chi connectivity index (χ2n) is 11.2. The van der Waals surface area contributed by atoms with Crippen LogP contribution < -0.4 is 5.73 Å². The summed E-state index contributed by atoms with van der Waals surface area (Å²) in [6, 6.07) is 1.80. The van der Waals surface area contributed by atoms with E-state index < -0.39 is 69.3 Å². The van der Waals surface area contributed by atoms with Crippen molar-refractivity contribution >= 4 is 81.4 Å². The first-order valence-corrected chi connectivity index (χ1v) is 16.2. The van der Waals surface area contributed by atoms with Crippen molar-refractivity contribution in [1.29, 1.82) is 0 Å². The first kappa shape index (κ1) is 32.3. The third-order valence-electron chi connectivity index (χ3n) is 8.47. The highest BCUT2D eigenvalue weighted by Crippen LogP contribution is 2.53. The minimum absolute atomic E-state index is 0.00155. The highest BCUT2D eigenvalue weighted by molar-refractivity contribution is 8.02. The summed E-state index contributed by atoms with van der Waals surface area (Å²) < 4.78 is 0. The molecule has 6 N–H and O–H groups in total. The number of Topliss-reactive ketones (excluding diaryl/α,β-unsaturated/α-hetero) is 1. The quantitative estimate of drug-likeness (QED) is 0.0964. The lowest BCUT2D eigenvalue weighted by Crippen LogP contribution is -2.59. The zero-order valence-electron chi connectivity index (χ0n) is 24.1. The summed E-state index contributed by atoms with van der Waals surface area (Å²) in [6.45, 7) is -0.384. The molecule has 20 heteroatoms. The van der Waals surface area contributed by atoms with Crippen molar-refractivity contribution in [3.05, 3.63) is 33.8 Å². The molecule has 1 aromatic carbocycles. The Labute approximate surface area is 278 Å². The Hall–Kier alpha value is -4.62. The number of phenols is 2. The summed E-state index contributed by atoms with van der Waals surface area (Å²) in [4.78, 5) is 74.5. The van der Waals surface area contributed by atoms with E-state index in [1.54, 1.807) is 0 Å². The van der Waals surface area contributed by atoms with E-state index in [-0.39, 0.29) is 59.6 Å². The van der Waals surface area contributed by atoms with Crippen LogP contribution >= 0.6 is 34.7 Å². The van der Waals surface area contributed by atoms with Crippen LogP contribution in [0.2, 0.25) is 5.02 Å². The van der Waals surface area contributed by atoms with Gasteiger partial charge in [0.25, 0.3) is 0 Å². The standard InChI is InChI=1S/C27H26ClN7O10S2/c28-17-12(2-3-15(36)19(17)38)9-30-35-7-6-34(25(35)44)27(23(42)43)11-33-20(39)13(21(33)47-27)8-16(37)18(14-10-46-24(29)31-14)32-45-26(22(40)41)4-1-5-26/h2-3,9-10,13,21,36,38H,1,4-8,11H2,(H2,29,31)(H,40,41)(H,42,43)/b30-9+,32-18-/t13?,21-,27-/m1/s1. The van der Waals surface area contributed by atoms with E-state index in [1.807, 2.05) is 0 Å². The SMILES string of the molecule is Nc1nc(/C(=N/OC2(C(=O)O)CCC2)C(=O)CC2C(=O)N3C[C@@](C(=O)O)(N4CCN(/N=C/c5ccc(O)c(O)c5Cl)C4=O)S[C@H]23)cs1. The van der Waals surface area contributed by atoms with Crippen LogP contribution in [0.15, 0.2) is 27.8 Å². The van der Waals surface area contributed by atoms with E-state index in [1.165, 1.54) is 28.6 Å². The number of carbonyl (C=O) groups is 5. The molecule has 0 radical (unpaired) electrons. The molecule has 3 aliphatic heterocycles. The van der Waals surface area contributed by atoms with E-state index in [2.05, 4.69) is 15.2 Å². The molecule has 17 nitrogen and oxygen atoms in total. The van der Waals surface area contributed by atoms with E-state index in [0.29, 0.717) is 6.42 Å². The maximum atomic E-state index is 13.5. The number of carboxylic acids is 2. The van der Waals surface area contributed by atoms with E-state index in [0.717, 1.165) is 33.0 Å². The first-order chi connectivity index (χ1) is 22.3. The zero-order valence-corrected chi connectivity index (χ0v) is 26.5. The van der Waals surface area contributed by atoms with Gasteiger partial charge >= 0.3 is 18.0 Å². The van der Waals surface area contributed by atoms with Crippen molar-refractivity contribution in [3.8, 4) is 11.5 Å². The van der Waals surface area contributed by atoms with Crippen molar-refractivity contribution < 1.29 is 49.2 Å². The Morgan fingerprint density at radius 2 is 1.91 bits per heavy atom. The summed E-state index contributed by atoms with van der Waals surface area (Å²) in [5.74, 6) is -5.75. The number of nitrogens with zero attached hydrogens (tertiary/aromatic N) is 6. The van der Waals surface area contributed by atoms with Crippen molar-refractivity contribution in [3.63, 3.8) is 0 Å². The van der Waals surface area contributed by atoms with Gasteiger partial charge in [0.1, 0.15) is 5.69 Å². The number of benzene rings is 1. The number of halogens is 1. The average Bonchev–Trinajstić information content (AvgIpc) is 3.71. The van der Waals surface area contributed by atoms with Gasteiger partial charge in [0, 0.05) is 36.8 Å². The molecule has 6 rings (SSSR count). The third-order valence-corrected chi connectivity index (χ3v) is 11.3. The van der Waals surface area contributed by atoms with Gasteiger partial charge in [0.15, 0.2) is 28.1 Å². The number of β-lactam (4-membered cyclic amide) rings is 1. The number of fused-ring (bicyclic) bond motifs is 1. The minimum atomic E-state index is -1.88. The molecule has 2 aromatic rings. The minimum Gasteiger partial charge on any atom is -0.504 e. The molecule has 248 valence electrons.